The number of nitrogens with zero attached hydrogens (tertiary/aromatic N) is 2. The summed E-state index contributed by atoms with van der Waals surface area (Å²) in [6.45, 7) is 2.95. The van der Waals surface area contributed by atoms with Crippen LogP contribution in [0.4, 0.5) is 10.5 Å². The quantitative estimate of drug-likeness (QED) is 0.799. The van der Waals surface area contributed by atoms with Crippen LogP contribution in [-0.4, -0.2) is 49.1 Å². The summed E-state index contributed by atoms with van der Waals surface area (Å²) in [7, 11) is 0. The van der Waals surface area contributed by atoms with E-state index in [2.05, 4.69) is 22.3 Å². The molecule has 0 bridgehead atoms. The third kappa shape index (κ3) is 3.22. The third-order valence-corrected chi connectivity index (χ3v) is 6.42. The largest absolute Gasteiger partial charge is 0.450 e. The Morgan fingerprint density at radius 3 is 2.52 bits per heavy atom. The minimum absolute atomic E-state index is 0.0163. The lowest BCUT2D eigenvalue weighted by Crippen LogP contribution is -2.51. The molecule has 1 atom stereocenters. The molecular weight excluding hydrogens is 366 g/mol. The highest BCUT2D eigenvalue weighted by Crippen LogP contribution is 2.43. The zero-order valence-corrected chi connectivity index (χ0v) is 16.3. The van der Waals surface area contributed by atoms with Crippen molar-refractivity contribution in [3.05, 3.63) is 65.7 Å². The van der Waals surface area contributed by atoms with E-state index in [4.69, 9.17) is 4.74 Å². The summed E-state index contributed by atoms with van der Waals surface area (Å²) in [6, 6.07) is 18.1. The molecule has 2 aromatic carbocycles. The van der Waals surface area contributed by atoms with Crippen molar-refractivity contribution in [1.29, 1.82) is 0 Å². The average Bonchev–Trinajstić information content (AvgIpc) is 3.33. The van der Waals surface area contributed by atoms with Crippen LogP contribution >= 0.6 is 0 Å². The normalized spacial score (nSPS) is 22.5. The van der Waals surface area contributed by atoms with Crippen LogP contribution in [0.3, 0.4) is 0 Å². The van der Waals surface area contributed by atoms with Crippen LogP contribution in [0.1, 0.15) is 35.2 Å². The van der Waals surface area contributed by atoms with Gasteiger partial charge in [-0.25, -0.2) is 9.59 Å². The number of urea groups is 1. The molecule has 3 heterocycles. The molecule has 0 aliphatic carbocycles. The molecular formula is C23H25N3O3. The number of anilines is 1. The fraction of sp³-hybridized carbons (Fsp3) is 0.391. The third-order valence-electron chi connectivity index (χ3n) is 6.42. The maximum Gasteiger partial charge on any atom is 0.339 e. The van der Waals surface area contributed by atoms with E-state index in [9.17, 15) is 9.59 Å². The number of fused-ring (bicyclic) bond motifs is 2. The predicted octanol–water partition coefficient (Wildman–Crippen LogP) is 3.14. The first-order chi connectivity index (χ1) is 14.1. The Balaban J connectivity index is 1.18. The number of ether oxygens (including phenoxy) is 1. The van der Waals surface area contributed by atoms with Crippen LogP contribution < -0.4 is 10.2 Å². The maximum atomic E-state index is 12.8. The van der Waals surface area contributed by atoms with Gasteiger partial charge >= 0.3 is 12.0 Å². The zero-order valence-electron chi connectivity index (χ0n) is 16.3. The number of nitrogens with one attached hydrogen (secondary N) is 1. The minimum Gasteiger partial charge on any atom is -0.450 e. The van der Waals surface area contributed by atoms with Crippen LogP contribution in [0.15, 0.2) is 54.6 Å². The van der Waals surface area contributed by atoms with Crippen LogP contribution in [0.5, 0.6) is 0 Å². The van der Waals surface area contributed by atoms with E-state index < -0.39 is 5.60 Å². The van der Waals surface area contributed by atoms with Gasteiger partial charge < -0.3 is 19.9 Å². The van der Waals surface area contributed by atoms with Crippen molar-refractivity contribution in [2.75, 3.05) is 31.1 Å². The van der Waals surface area contributed by atoms with Gasteiger partial charge in [0.2, 0.25) is 0 Å². The van der Waals surface area contributed by atoms with Crippen LogP contribution in [0.2, 0.25) is 0 Å². The van der Waals surface area contributed by atoms with Crippen LogP contribution in [0, 0.1) is 0 Å². The first kappa shape index (κ1) is 18.0. The van der Waals surface area contributed by atoms with Gasteiger partial charge in [0.1, 0.15) is 5.60 Å². The van der Waals surface area contributed by atoms with E-state index in [1.54, 1.807) is 0 Å². The van der Waals surface area contributed by atoms with Gasteiger partial charge in [0.15, 0.2) is 0 Å². The summed E-state index contributed by atoms with van der Waals surface area (Å²) >= 11 is 0. The van der Waals surface area contributed by atoms with Crippen LogP contribution in [-0.2, 0) is 10.3 Å². The SMILES string of the molecule is O=C1OC2(CCN(C(=O)N[C@H]3CCN(c4ccccc4)C3)CC2)c2ccccc21. The van der Waals surface area contributed by atoms with Crippen molar-refractivity contribution >= 4 is 17.7 Å². The zero-order chi connectivity index (χ0) is 19.8. The molecule has 2 amide bonds. The first-order valence-electron chi connectivity index (χ1n) is 10.3. The lowest BCUT2D eigenvalue weighted by molar-refractivity contribution is -0.0370. The van der Waals surface area contributed by atoms with Crippen molar-refractivity contribution in [2.45, 2.75) is 30.9 Å². The first-order valence-corrected chi connectivity index (χ1v) is 10.3. The molecule has 0 saturated carbocycles. The smallest absolute Gasteiger partial charge is 0.339 e. The van der Waals surface area contributed by atoms with Gasteiger partial charge in [0, 0.05) is 56.3 Å². The molecule has 0 unspecified atom stereocenters. The number of carbonyl (C=O) groups excluding carboxylic acids is 2. The molecule has 1 N–H and O–H groups in total. The van der Waals surface area contributed by atoms with Crippen LogP contribution in [0.25, 0.3) is 0 Å². The summed E-state index contributed by atoms with van der Waals surface area (Å²) < 4.78 is 5.78. The molecule has 3 aliphatic rings. The molecule has 2 aromatic rings. The van der Waals surface area contributed by atoms with E-state index in [1.165, 1.54) is 5.69 Å². The lowest BCUT2D eigenvalue weighted by atomic mass is 9.84. The Morgan fingerprint density at radius 1 is 1.00 bits per heavy atom. The Kier molecular flexibility index (Phi) is 4.42. The topological polar surface area (TPSA) is 61.9 Å². The molecule has 2 saturated heterocycles. The second-order valence-electron chi connectivity index (χ2n) is 8.13. The number of esters is 1. The highest BCUT2D eigenvalue weighted by atomic mass is 16.6. The number of hydrogen-bond donors (Lipinski definition) is 1. The Hall–Kier alpha value is -3.02. The number of benzene rings is 2. The van der Waals surface area contributed by atoms with Gasteiger partial charge in [0.05, 0.1) is 5.56 Å². The average molecular weight is 391 g/mol. The molecule has 3 aliphatic heterocycles. The highest BCUT2D eigenvalue weighted by Gasteiger charge is 2.47. The van der Waals surface area contributed by atoms with Crippen molar-refractivity contribution in [2.24, 2.45) is 0 Å². The molecule has 6 nitrogen and oxygen atoms in total. The van der Waals surface area contributed by atoms with E-state index in [-0.39, 0.29) is 18.0 Å². The number of para-hydroxylation sites is 1. The lowest BCUT2D eigenvalue weighted by Gasteiger charge is -2.38. The summed E-state index contributed by atoms with van der Waals surface area (Å²) in [6.07, 6.45) is 2.23. The molecule has 0 radical (unpaired) electrons. The summed E-state index contributed by atoms with van der Waals surface area (Å²) in [5.41, 5.74) is 2.27. The second kappa shape index (κ2) is 7.10. The number of hydrogen-bond acceptors (Lipinski definition) is 4. The van der Waals surface area contributed by atoms with E-state index >= 15 is 0 Å². The van der Waals surface area contributed by atoms with Crippen molar-refractivity contribution in [3.63, 3.8) is 0 Å². The fourth-order valence-corrected chi connectivity index (χ4v) is 4.81. The molecule has 150 valence electrons. The molecule has 29 heavy (non-hydrogen) atoms. The standard InChI is InChI=1S/C23H25N3O3/c27-21-19-8-4-5-9-20(19)23(29-21)11-14-25(15-12-23)22(28)24-17-10-13-26(16-17)18-6-2-1-3-7-18/h1-9,17H,10-16H2,(H,24,28)/t17-/m0/s1. The fourth-order valence-electron chi connectivity index (χ4n) is 4.81. The monoisotopic (exact) mass is 391 g/mol. The number of amides is 2. The molecule has 0 aromatic heterocycles. The number of piperidine rings is 1. The molecule has 6 heteroatoms. The van der Waals surface area contributed by atoms with Gasteiger partial charge in [-0.1, -0.05) is 36.4 Å². The summed E-state index contributed by atoms with van der Waals surface area (Å²) in [5, 5.41) is 3.19. The predicted molar refractivity (Wildman–Crippen MR) is 110 cm³/mol. The van der Waals surface area contributed by atoms with Crippen molar-refractivity contribution in [1.82, 2.24) is 10.2 Å². The maximum absolute atomic E-state index is 12.8. The second-order valence-corrected chi connectivity index (χ2v) is 8.13. The van der Waals surface area contributed by atoms with Gasteiger partial charge in [0.25, 0.3) is 0 Å². The molecule has 1 spiro atoms. The summed E-state index contributed by atoms with van der Waals surface area (Å²) in [4.78, 5) is 29.2. The number of likely N-dealkylation sites (tertiary alicyclic amines) is 1. The Morgan fingerprint density at radius 2 is 1.72 bits per heavy atom. The van der Waals surface area contributed by atoms with Gasteiger partial charge in [-0.05, 0) is 24.6 Å². The molecule has 2 fully saturated rings. The highest BCUT2D eigenvalue weighted by molar-refractivity contribution is 5.94. The van der Waals surface area contributed by atoms with Crippen molar-refractivity contribution in [3.8, 4) is 0 Å². The Bertz CT molecular complexity index is 922. The molecule has 5 rings (SSSR count). The van der Waals surface area contributed by atoms with Crippen molar-refractivity contribution < 1.29 is 14.3 Å². The Labute approximate surface area is 170 Å². The summed E-state index contributed by atoms with van der Waals surface area (Å²) in [5.74, 6) is -0.245. The number of rotatable bonds is 2. The minimum atomic E-state index is -0.568. The number of carbonyl (C=O) groups is 2. The van der Waals surface area contributed by atoms with Gasteiger partial charge in [-0.2, -0.15) is 0 Å². The van der Waals surface area contributed by atoms with E-state index in [0.717, 1.165) is 25.1 Å². The van der Waals surface area contributed by atoms with E-state index in [1.807, 2.05) is 47.4 Å². The van der Waals surface area contributed by atoms with E-state index in [0.29, 0.717) is 31.5 Å². The van der Waals surface area contributed by atoms with Gasteiger partial charge in [-0.15, -0.1) is 0 Å². The van der Waals surface area contributed by atoms with Gasteiger partial charge in [-0.3, -0.25) is 0 Å².